The van der Waals surface area contributed by atoms with Gasteiger partial charge in [0.05, 0.1) is 0 Å². The zero-order valence-corrected chi connectivity index (χ0v) is 30.6. The summed E-state index contributed by atoms with van der Waals surface area (Å²) in [7, 11) is 5.39. The van der Waals surface area contributed by atoms with Crippen LogP contribution in [0.3, 0.4) is 0 Å². The Morgan fingerprint density at radius 1 is 0.540 bits per heavy atom. The molecular weight excluding hydrogens is 695 g/mol. The number of likely N-dealkylation sites (N-methyl/N-ethyl adjacent to an activating group) is 2. The summed E-state index contributed by atoms with van der Waals surface area (Å²) in [4.78, 5) is 4.53. The normalized spacial score (nSPS) is 16.2. The first-order chi connectivity index (χ1) is 23.6. The summed E-state index contributed by atoms with van der Waals surface area (Å²) in [5, 5.41) is 2.12. The van der Waals surface area contributed by atoms with Crippen LogP contribution in [-0.2, 0) is 17.1 Å². The van der Waals surface area contributed by atoms with E-state index in [0.29, 0.717) is 0 Å². The monoisotopic (exact) mass is 736 g/mol. The molecule has 0 aliphatic heterocycles. The number of hydrogen-bond acceptors (Lipinski definition) is 2. The quantitative estimate of drug-likeness (QED) is 0.0867. The summed E-state index contributed by atoms with van der Waals surface area (Å²) in [6.07, 6.45) is 14.4. The maximum absolute atomic E-state index is 13.6. The van der Waals surface area contributed by atoms with Crippen LogP contribution in [0.1, 0.15) is 24.0 Å². The van der Waals surface area contributed by atoms with Crippen LogP contribution in [0.15, 0.2) is 97.1 Å². The van der Waals surface area contributed by atoms with Gasteiger partial charge in [0.15, 0.2) is 0 Å². The van der Waals surface area contributed by atoms with E-state index in [2.05, 4.69) is 57.1 Å². The van der Waals surface area contributed by atoms with E-state index in [1.165, 1.54) is 60.1 Å². The van der Waals surface area contributed by atoms with Crippen molar-refractivity contribution < 1.29 is 34.6 Å². The summed E-state index contributed by atoms with van der Waals surface area (Å²) in [6.45, 7) is 4.17. The zero-order valence-electron chi connectivity index (χ0n) is 28.6. The van der Waals surface area contributed by atoms with Gasteiger partial charge in [-0.05, 0) is 157 Å². The standard InChI is InChI=1S/C24H28F2N2P.C18H13F2.Fe/c1-18(28(4)17-16-27(2)3)23-6-5-7-24(23)29(21-12-8-19(25)9-13-21)22-14-10-20(26)11-15-22;19-16-9-5-14(6-10-16)18(13-3-1-2-4-13)15-7-11-17(20)12-8-15;/h5-15,18H,16-17H2,1-4H3;1-12,18H;/t18-;;/m1../s1. The largest absolute Gasteiger partial charge is 0.308 e. The molecule has 0 saturated heterocycles. The first-order valence-electron chi connectivity index (χ1n) is 16.2. The SMILES string of the molecule is C[C@H]([C]1[CH][CH][CH][C]1P(c1ccc(F)cc1)c1ccc(F)cc1)N(C)CCN(C)C.Fc1ccc(C([C]2[CH][CH][CH][CH]2)c2ccc(F)cc2)cc1.[Fe]. The van der Waals surface area contributed by atoms with E-state index in [-0.39, 0.29) is 52.3 Å². The fourth-order valence-electron chi connectivity index (χ4n) is 5.85. The van der Waals surface area contributed by atoms with Gasteiger partial charge in [0.2, 0.25) is 0 Å². The van der Waals surface area contributed by atoms with Crippen LogP contribution in [0.4, 0.5) is 17.6 Å². The molecule has 4 aromatic rings. The van der Waals surface area contributed by atoms with Crippen molar-refractivity contribution in [3.63, 3.8) is 0 Å². The van der Waals surface area contributed by atoms with Gasteiger partial charge in [-0.15, -0.1) is 0 Å². The molecule has 0 N–H and O–H groups in total. The van der Waals surface area contributed by atoms with E-state index >= 15 is 0 Å². The van der Waals surface area contributed by atoms with Gasteiger partial charge in [0, 0.05) is 53.7 Å². The third kappa shape index (κ3) is 10.7. The van der Waals surface area contributed by atoms with Gasteiger partial charge in [0.1, 0.15) is 23.3 Å². The van der Waals surface area contributed by atoms with Crippen LogP contribution in [-0.4, -0.2) is 50.1 Å². The van der Waals surface area contributed by atoms with Crippen LogP contribution in [0.5, 0.6) is 0 Å². The molecule has 0 amide bonds. The van der Waals surface area contributed by atoms with Gasteiger partial charge in [-0.1, -0.05) is 48.5 Å². The Labute approximate surface area is 308 Å². The Morgan fingerprint density at radius 2 is 0.960 bits per heavy atom. The topological polar surface area (TPSA) is 6.48 Å². The molecule has 2 aliphatic carbocycles. The summed E-state index contributed by atoms with van der Waals surface area (Å²) < 4.78 is 53.3. The summed E-state index contributed by atoms with van der Waals surface area (Å²) >= 11 is 0. The molecule has 0 unspecified atom stereocenters. The van der Waals surface area contributed by atoms with E-state index in [9.17, 15) is 17.6 Å². The second-order valence-electron chi connectivity index (χ2n) is 12.4. The minimum absolute atomic E-state index is 0. The Kier molecular flexibility index (Phi) is 15.6. The molecule has 10 radical (unpaired) electrons. The molecule has 0 heterocycles. The minimum Gasteiger partial charge on any atom is -0.308 e. The molecular formula is C42H41F4FeN2P. The van der Waals surface area contributed by atoms with Crippen molar-refractivity contribution in [2.75, 3.05) is 34.2 Å². The van der Waals surface area contributed by atoms with E-state index in [0.717, 1.165) is 40.7 Å². The number of benzene rings is 4. The second-order valence-corrected chi connectivity index (χ2v) is 14.6. The maximum atomic E-state index is 13.6. The Balaban J connectivity index is 0.000000234. The van der Waals surface area contributed by atoms with Crippen molar-refractivity contribution in [3.8, 4) is 0 Å². The summed E-state index contributed by atoms with van der Waals surface area (Å²) in [6, 6.07) is 26.6. The molecule has 0 aromatic heterocycles. The van der Waals surface area contributed by atoms with Crippen LogP contribution in [0, 0.1) is 85.7 Å². The zero-order chi connectivity index (χ0) is 34.9. The molecule has 2 fully saturated rings. The number of hydrogen-bond donors (Lipinski definition) is 0. The predicted octanol–water partition coefficient (Wildman–Crippen LogP) is 8.51. The maximum Gasteiger partial charge on any atom is 0.123 e. The Morgan fingerprint density at radius 3 is 1.38 bits per heavy atom. The molecule has 2 saturated carbocycles. The van der Waals surface area contributed by atoms with Gasteiger partial charge in [-0.25, -0.2) is 17.6 Å². The first kappa shape index (κ1) is 40.2. The third-order valence-electron chi connectivity index (χ3n) is 8.68. The molecule has 4 aromatic carbocycles. The fraction of sp³-hybridized carbons (Fsp3) is 0.190. The first-order valence-corrected chi connectivity index (χ1v) is 17.6. The van der Waals surface area contributed by atoms with Crippen molar-refractivity contribution in [2.24, 2.45) is 0 Å². The minimum atomic E-state index is -0.904. The number of rotatable bonds is 11. The van der Waals surface area contributed by atoms with Crippen LogP contribution in [0.25, 0.3) is 0 Å². The molecule has 50 heavy (non-hydrogen) atoms. The second kappa shape index (κ2) is 19.3. The van der Waals surface area contributed by atoms with E-state index in [1.807, 2.05) is 49.9 Å². The van der Waals surface area contributed by atoms with Gasteiger partial charge < -0.3 is 9.80 Å². The van der Waals surface area contributed by atoms with Crippen LogP contribution in [0.2, 0.25) is 0 Å². The summed E-state index contributed by atoms with van der Waals surface area (Å²) in [5.74, 6) is 1.37. The molecule has 260 valence electrons. The molecule has 0 bridgehead atoms. The average molecular weight is 737 g/mol. The van der Waals surface area contributed by atoms with E-state index in [1.54, 1.807) is 24.3 Å². The van der Waals surface area contributed by atoms with E-state index < -0.39 is 7.92 Å². The third-order valence-corrected chi connectivity index (χ3v) is 11.2. The van der Waals surface area contributed by atoms with Crippen molar-refractivity contribution >= 4 is 18.5 Å². The van der Waals surface area contributed by atoms with Crippen molar-refractivity contribution in [2.45, 2.75) is 18.9 Å². The molecule has 1 atom stereocenters. The number of halogens is 4. The molecule has 2 aliphatic rings. The Hall–Kier alpha value is -2.53. The van der Waals surface area contributed by atoms with Crippen LogP contribution >= 0.6 is 7.92 Å². The van der Waals surface area contributed by atoms with Gasteiger partial charge in [-0.2, -0.15) is 0 Å². The number of nitrogens with zero attached hydrogens (tertiary/aromatic N) is 2. The Bertz CT molecular complexity index is 1470. The van der Waals surface area contributed by atoms with E-state index in [4.69, 9.17) is 0 Å². The van der Waals surface area contributed by atoms with Gasteiger partial charge >= 0.3 is 0 Å². The summed E-state index contributed by atoms with van der Waals surface area (Å²) in [5.41, 5.74) is 3.22. The van der Waals surface area contributed by atoms with Gasteiger partial charge in [0.25, 0.3) is 0 Å². The van der Waals surface area contributed by atoms with Crippen molar-refractivity contribution in [3.05, 3.63) is 194 Å². The molecule has 6 rings (SSSR count). The smallest absolute Gasteiger partial charge is 0.123 e. The average Bonchev–Trinajstić information content (AvgIpc) is 3.81. The van der Waals surface area contributed by atoms with Crippen molar-refractivity contribution in [1.29, 1.82) is 0 Å². The van der Waals surface area contributed by atoms with Crippen LogP contribution < -0.4 is 10.6 Å². The molecule has 8 heteroatoms. The van der Waals surface area contributed by atoms with Crippen molar-refractivity contribution in [1.82, 2.24) is 9.80 Å². The van der Waals surface area contributed by atoms with Gasteiger partial charge in [-0.3, -0.25) is 0 Å². The predicted molar refractivity (Wildman–Crippen MR) is 194 cm³/mol. The fourth-order valence-corrected chi connectivity index (χ4v) is 8.35. The molecule has 2 nitrogen and oxygen atoms in total. The molecule has 0 spiro atoms.